The molecule has 0 unspecified atom stereocenters. The Morgan fingerprint density at radius 1 is 1.26 bits per heavy atom. The highest BCUT2D eigenvalue weighted by molar-refractivity contribution is 7.98. The monoisotopic (exact) mass is 387 g/mol. The number of ether oxygens (including phenoxy) is 1. The minimum atomic E-state index is -0.143. The van der Waals surface area contributed by atoms with Gasteiger partial charge < -0.3 is 15.4 Å². The van der Waals surface area contributed by atoms with E-state index in [9.17, 15) is 4.79 Å². The van der Waals surface area contributed by atoms with Gasteiger partial charge in [0.25, 0.3) is 5.91 Å². The van der Waals surface area contributed by atoms with Gasteiger partial charge in [-0.25, -0.2) is 14.6 Å². The zero-order valence-electron chi connectivity index (χ0n) is 15.2. The van der Waals surface area contributed by atoms with Gasteiger partial charge in [0.15, 0.2) is 10.8 Å². The lowest BCUT2D eigenvalue weighted by molar-refractivity contribution is 0.0952. The third-order valence-electron chi connectivity index (χ3n) is 3.81. The first-order chi connectivity index (χ1) is 13.2. The summed E-state index contributed by atoms with van der Waals surface area (Å²) >= 11 is 1.46. The van der Waals surface area contributed by atoms with Crippen molar-refractivity contribution in [3.8, 4) is 0 Å². The lowest BCUT2D eigenvalue weighted by Gasteiger charge is -2.09. The Balaban J connectivity index is 1.71. The van der Waals surface area contributed by atoms with Crippen molar-refractivity contribution in [2.45, 2.75) is 11.7 Å². The van der Waals surface area contributed by atoms with Gasteiger partial charge in [0.1, 0.15) is 5.82 Å². The fourth-order valence-corrected chi connectivity index (χ4v) is 2.84. The first-order valence-electron chi connectivity index (χ1n) is 8.41. The summed E-state index contributed by atoms with van der Waals surface area (Å²) in [6.45, 7) is 2.16. The molecular formula is C17H21N7O2S. The van der Waals surface area contributed by atoms with Crippen molar-refractivity contribution in [3.63, 3.8) is 0 Å². The number of anilines is 1. The predicted octanol–water partition coefficient (Wildman–Crippen LogP) is 1.43. The molecule has 142 valence electrons. The van der Waals surface area contributed by atoms with Crippen LogP contribution < -0.4 is 10.6 Å². The molecule has 3 rings (SSSR count). The highest BCUT2D eigenvalue weighted by atomic mass is 32.2. The van der Waals surface area contributed by atoms with Crippen LogP contribution in [0.25, 0.3) is 11.0 Å². The molecule has 0 atom stereocenters. The fraction of sp³-hybridized carbons (Fsp3) is 0.353. The van der Waals surface area contributed by atoms with Gasteiger partial charge in [-0.1, -0.05) is 11.8 Å². The Kier molecular flexibility index (Phi) is 6.55. The van der Waals surface area contributed by atoms with Crippen molar-refractivity contribution in [1.29, 1.82) is 0 Å². The number of amides is 1. The molecule has 9 nitrogen and oxygen atoms in total. The van der Waals surface area contributed by atoms with E-state index in [2.05, 4.69) is 30.7 Å². The number of nitrogens with one attached hydrogen (secondary N) is 2. The van der Waals surface area contributed by atoms with Crippen LogP contribution in [0, 0.1) is 0 Å². The van der Waals surface area contributed by atoms with Gasteiger partial charge in [-0.3, -0.25) is 9.78 Å². The van der Waals surface area contributed by atoms with Crippen LogP contribution in [0.5, 0.6) is 0 Å². The minimum absolute atomic E-state index is 0.143. The average Bonchev–Trinajstić information content (AvgIpc) is 3.11. The van der Waals surface area contributed by atoms with Crippen LogP contribution in [0.2, 0.25) is 0 Å². The molecule has 2 N–H and O–H groups in total. The molecule has 0 fully saturated rings. The Bertz CT molecular complexity index is 901. The van der Waals surface area contributed by atoms with Crippen molar-refractivity contribution in [2.75, 3.05) is 38.4 Å². The van der Waals surface area contributed by atoms with Crippen LogP contribution in [-0.4, -0.2) is 63.7 Å². The van der Waals surface area contributed by atoms with Crippen LogP contribution in [0.3, 0.4) is 0 Å². The van der Waals surface area contributed by atoms with Crippen LogP contribution in [0.15, 0.2) is 35.9 Å². The number of rotatable bonds is 9. The molecule has 0 saturated carbocycles. The number of hydrogen-bond acceptors (Lipinski definition) is 8. The van der Waals surface area contributed by atoms with Gasteiger partial charge in [0.05, 0.1) is 24.7 Å². The smallest absolute Gasteiger partial charge is 0.251 e. The number of carbonyl (C=O) groups is 1. The van der Waals surface area contributed by atoms with Crippen molar-refractivity contribution in [2.24, 2.45) is 0 Å². The summed E-state index contributed by atoms with van der Waals surface area (Å²) in [7, 11) is 1.66. The molecule has 3 aromatic heterocycles. The van der Waals surface area contributed by atoms with E-state index in [-0.39, 0.29) is 5.91 Å². The van der Waals surface area contributed by atoms with E-state index in [0.717, 1.165) is 16.9 Å². The van der Waals surface area contributed by atoms with E-state index in [1.807, 2.05) is 6.26 Å². The third kappa shape index (κ3) is 4.72. The second-order valence-corrected chi connectivity index (χ2v) is 6.35. The molecule has 0 bridgehead atoms. The topological polar surface area (TPSA) is 107 Å². The van der Waals surface area contributed by atoms with Gasteiger partial charge in [-0.05, 0) is 18.4 Å². The molecule has 1 amide bonds. The Morgan fingerprint density at radius 2 is 2.07 bits per heavy atom. The number of thioether (sulfide) groups is 1. The van der Waals surface area contributed by atoms with E-state index in [1.54, 1.807) is 42.5 Å². The average molecular weight is 387 g/mol. The number of pyridine rings is 1. The fourth-order valence-electron chi connectivity index (χ4n) is 2.48. The summed E-state index contributed by atoms with van der Waals surface area (Å²) in [5.41, 5.74) is 1.30. The molecule has 10 heteroatoms. The summed E-state index contributed by atoms with van der Waals surface area (Å²) in [6.07, 6.45) is 6.85. The molecule has 3 heterocycles. The van der Waals surface area contributed by atoms with Gasteiger partial charge in [-0.2, -0.15) is 5.10 Å². The van der Waals surface area contributed by atoms with Crippen molar-refractivity contribution in [1.82, 2.24) is 30.0 Å². The Morgan fingerprint density at radius 3 is 2.81 bits per heavy atom. The van der Waals surface area contributed by atoms with E-state index in [1.165, 1.54) is 11.8 Å². The Labute approximate surface area is 160 Å². The molecule has 0 spiro atoms. The molecule has 3 aromatic rings. The predicted molar refractivity (Wildman–Crippen MR) is 104 cm³/mol. The number of hydrogen-bond donors (Lipinski definition) is 2. The second kappa shape index (κ2) is 9.28. The third-order valence-corrected chi connectivity index (χ3v) is 4.36. The highest BCUT2D eigenvalue weighted by Crippen LogP contribution is 2.23. The van der Waals surface area contributed by atoms with E-state index >= 15 is 0 Å². The number of aromatic nitrogens is 5. The summed E-state index contributed by atoms with van der Waals surface area (Å²) < 4.78 is 6.84. The molecule has 0 aromatic carbocycles. The van der Waals surface area contributed by atoms with Gasteiger partial charge in [0.2, 0.25) is 0 Å². The molecule has 0 saturated heterocycles. The first kappa shape index (κ1) is 19.1. The van der Waals surface area contributed by atoms with Gasteiger partial charge in [-0.15, -0.1) is 0 Å². The standard InChI is InChI=1S/C17H21N7O2S/c1-26-10-8-19-14-13-11-21-24(15(13)23-17(22-14)27-2)9-7-20-16(25)12-3-5-18-6-4-12/h3-6,11H,7-10H2,1-2H3,(H,20,25)(H,19,22,23). The van der Waals surface area contributed by atoms with Crippen LogP contribution in [-0.2, 0) is 11.3 Å². The maximum absolute atomic E-state index is 12.1. The van der Waals surface area contributed by atoms with Crippen LogP contribution in [0.4, 0.5) is 5.82 Å². The molecule has 0 radical (unpaired) electrons. The number of nitrogens with zero attached hydrogens (tertiary/aromatic N) is 5. The molecule has 0 aliphatic heterocycles. The maximum Gasteiger partial charge on any atom is 0.251 e. The second-order valence-electron chi connectivity index (χ2n) is 5.58. The SMILES string of the molecule is COCCNc1nc(SC)nc2c1cnn2CCNC(=O)c1ccncc1. The number of carbonyl (C=O) groups excluding carboxylic acids is 1. The summed E-state index contributed by atoms with van der Waals surface area (Å²) in [5.74, 6) is 0.587. The summed E-state index contributed by atoms with van der Waals surface area (Å²) in [4.78, 5) is 25.1. The zero-order chi connectivity index (χ0) is 19.1. The molecule has 0 aliphatic rings. The summed E-state index contributed by atoms with van der Waals surface area (Å²) in [6, 6.07) is 3.35. The van der Waals surface area contributed by atoms with Gasteiger partial charge in [0, 0.05) is 38.2 Å². The van der Waals surface area contributed by atoms with Crippen LogP contribution >= 0.6 is 11.8 Å². The van der Waals surface area contributed by atoms with Crippen molar-refractivity contribution in [3.05, 3.63) is 36.3 Å². The molecular weight excluding hydrogens is 366 g/mol. The van der Waals surface area contributed by atoms with Crippen molar-refractivity contribution >= 4 is 34.5 Å². The normalized spacial score (nSPS) is 10.9. The van der Waals surface area contributed by atoms with E-state index in [4.69, 9.17) is 4.74 Å². The number of fused-ring (bicyclic) bond motifs is 1. The molecule has 27 heavy (non-hydrogen) atoms. The zero-order valence-corrected chi connectivity index (χ0v) is 16.0. The highest BCUT2D eigenvalue weighted by Gasteiger charge is 2.13. The van der Waals surface area contributed by atoms with Gasteiger partial charge >= 0.3 is 0 Å². The van der Waals surface area contributed by atoms with E-state index < -0.39 is 0 Å². The quantitative estimate of drug-likeness (QED) is 0.323. The maximum atomic E-state index is 12.1. The molecule has 0 aliphatic carbocycles. The Hall–Kier alpha value is -2.72. The summed E-state index contributed by atoms with van der Waals surface area (Å²) in [5, 5.41) is 12.0. The van der Waals surface area contributed by atoms with E-state index in [0.29, 0.717) is 37.0 Å². The lowest BCUT2D eigenvalue weighted by atomic mass is 10.2. The largest absolute Gasteiger partial charge is 0.383 e. The lowest BCUT2D eigenvalue weighted by Crippen LogP contribution is -2.27. The van der Waals surface area contributed by atoms with Crippen molar-refractivity contribution < 1.29 is 9.53 Å². The first-order valence-corrected chi connectivity index (χ1v) is 9.64. The number of methoxy groups -OCH3 is 1. The van der Waals surface area contributed by atoms with Crippen LogP contribution in [0.1, 0.15) is 10.4 Å². The minimum Gasteiger partial charge on any atom is -0.383 e.